The SMILES string of the molecule is COc1cc(-c2cc3ncccc3c(OCC3CNC(=O)C3)n2)ccc1OC1CCOC1. The number of pyridine rings is 2. The van der Waals surface area contributed by atoms with Crippen molar-refractivity contribution in [2.45, 2.75) is 18.9 Å². The standard InChI is InChI=1S/C24H25N3O5/c1-29-22-10-16(4-5-21(22)32-17-6-8-30-14-17)19-11-20-18(3-2-7-25-20)24(27-19)31-13-15-9-23(28)26-12-15/h2-5,7,10-11,15,17H,6,8-9,12-14H2,1H3,(H,26,28). The molecule has 8 nitrogen and oxygen atoms in total. The maximum absolute atomic E-state index is 11.5. The van der Waals surface area contributed by atoms with Crippen LogP contribution in [0, 0.1) is 5.92 Å². The number of hydrogen-bond acceptors (Lipinski definition) is 7. The number of rotatable bonds is 7. The molecule has 2 aliphatic rings. The molecule has 1 amide bonds. The summed E-state index contributed by atoms with van der Waals surface area (Å²) in [6.45, 7) is 2.34. The third kappa shape index (κ3) is 4.31. The van der Waals surface area contributed by atoms with Crippen LogP contribution in [0.3, 0.4) is 0 Å². The molecule has 0 aliphatic carbocycles. The van der Waals surface area contributed by atoms with Gasteiger partial charge in [-0.25, -0.2) is 4.98 Å². The molecule has 0 radical (unpaired) electrons. The van der Waals surface area contributed by atoms with Crippen LogP contribution < -0.4 is 19.5 Å². The summed E-state index contributed by atoms with van der Waals surface area (Å²) in [5, 5.41) is 3.67. The molecule has 2 fully saturated rings. The molecule has 0 bridgehead atoms. The van der Waals surface area contributed by atoms with Crippen molar-refractivity contribution in [1.29, 1.82) is 0 Å². The zero-order valence-corrected chi connectivity index (χ0v) is 17.9. The van der Waals surface area contributed by atoms with Crippen LogP contribution in [0.5, 0.6) is 17.4 Å². The Kier molecular flexibility index (Phi) is 5.77. The van der Waals surface area contributed by atoms with E-state index in [1.807, 2.05) is 36.4 Å². The summed E-state index contributed by atoms with van der Waals surface area (Å²) in [7, 11) is 1.62. The fraction of sp³-hybridized carbons (Fsp3) is 0.375. The lowest BCUT2D eigenvalue weighted by Gasteiger charge is -2.16. The Morgan fingerprint density at radius 2 is 2.16 bits per heavy atom. The van der Waals surface area contributed by atoms with E-state index in [1.165, 1.54) is 0 Å². The van der Waals surface area contributed by atoms with Crippen LogP contribution in [-0.4, -0.2) is 55.5 Å². The van der Waals surface area contributed by atoms with Crippen LogP contribution in [0.2, 0.25) is 0 Å². The molecule has 0 spiro atoms. The molecule has 2 aromatic heterocycles. The first-order chi connectivity index (χ1) is 15.7. The monoisotopic (exact) mass is 435 g/mol. The predicted octanol–water partition coefficient (Wildman–Crippen LogP) is 2.99. The van der Waals surface area contributed by atoms with Crippen LogP contribution in [0.1, 0.15) is 12.8 Å². The summed E-state index contributed by atoms with van der Waals surface area (Å²) in [5.74, 6) is 2.02. The highest BCUT2D eigenvalue weighted by Gasteiger charge is 2.23. The van der Waals surface area contributed by atoms with Crippen molar-refractivity contribution in [3.8, 4) is 28.6 Å². The minimum absolute atomic E-state index is 0.0368. The van der Waals surface area contributed by atoms with Crippen LogP contribution in [0.4, 0.5) is 0 Å². The number of methoxy groups -OCH3 is 1. The molecular weight excluding hydrogens is 410 g/mol. The Morgan fingerprint density at radius 3 is 2.94 bits per heavy atom. The van der Waals surface area contributed by atoms with E-state index in [0.29, 0.717) is 50.2 Å². The van der Waals surface area contributed by atoms with Crippen molar-refractivity contribution < 1.29 is 23.7 Å². The Labute approximate surface area is 185 Å². The molecule has 2 saturated heterocycles. The van der Waals surface area contributed by atoms with Gasteiger partial charge in [0, 0.05) is 37.1 Å². The number of fused-ring (bicyclic) bond motifs is 1. The first kappa shape index (κ1) is 20.5. The van der Waals surface area contributed by atoms with Gasteiger partial charge in [0.2, 0.25) is 11.8 Å². The number of aromatic nitrogens is 2. The molecule has 4 heterocycles. The van der Waals surface area contributed by atoms with Crippen LogP contribution in [0.25, 0.3) is 22.2 Å². The van der Waals surface area contributed by atoms with Gasteiger partial charge in [-0.2, -0.15) is 0 Å². The van der Waals surface area contributed by atoms with E-state index in [2.05, 4.69) is 10.3 Å². The lowest BCUT2D eigenvalue weighted by Crippen LogP contribution is -2.17. The van der Waals surface area contributed by atoms with Crippen molar-refractivity contribution in [1.82, 2.24) is 15.3 Å². The van der Waals surface area contributed by atoms with Gasteiger partial charge in [0.25, 0.3) is 0 Å². The van der Waals surface area contributed by atoms with E-state index in [9.17, 15) is 4.79 Å². The Balaban J connectivity index is 1.44. The largest absolute Gasteiger partial charge is 0.493 e. The summed E-state index contributed by atoms with van der Waals surface area (Å²) in [4.78, 5) is 20.8. The molecule has 2 aliphatic heterocycles. The summed E-state index contributed by atoms with van der Waals surface area (Å²) in [5.41, 5.74) is 2.38. The van der Waals surface area contributed by atoms with E-state index in [4.69, 9.17) is 23.9 Å². The van der Waals surface area contributed by atoms with Crippen molar-refractivity contribution in [2.24, 2.45) is 5.92 Å². The van der Waals surface area contributed by atoms with E-state index in [-0.39, 0.29) is 17.9 Å². The number of ether oxygens (including phenoxy) is 4. The van der Waals surface area contributed by atoms with E-state index in [0.717, 1.165) is 28.6 Å². The Hall–Kier alpha value is -3.39. The second-order valence-corrected chi connectivity index (χ2v) is 8.04. The van der Waals surface area contributed by atoms with E-state index >= 15 is 0 Å². The lowest BCUT2D eigenvalue weighted by molar-refractivity contribution is -0.119. The fourth-order valence-electron chi connectivity index (χ4n) is 3.99. The number of nitrogens with one attached hydrogen (secondary N) is 1. The first-order valence-electron chi connectivity index (χ1n) is 10.8. The number of nitrogens with zero attached hydrogens (tertiary/aromatic N) is 2. The second-order valence-electron chi connectivity index (χ2n) is 8.04. The van der Waals surface area contributed by atoms with Gasteiger partial charge in [-0.15, -0.1) is 0 Å². The van der Waals surface area contributed by atoms with Gasteiger partial charge in [0.05, 0.1) is 43.5 Å². The zero-order chi connectivity index (χ0) is 21.9. The van der Waals surface area contributed by atoms with E-state index in [1.54, 1.807) is 13.3 Å². The average Bonchev–Trinajstić information content (AvgIpc) is 3.49. The minimum atomic E-state index is 0.0368. The summed E-state index contributed by atoms with van der Waals surface area (Å²) in [6.07, 6.45) is 3.12. The number of carbonyl (C=O) groups excluding carboxylic acids is 1. The molecule has 8 heteroatoms. The van der Waals surface area contributed by atoms with Gasteiger partial charge >= 0.3 is 0 Å². The summed E-state index contributed by atoms with van der Waals surface area (Å²) < 4.78 is 23.1. The van der Waals surface area contributed by atoms with Crippen LogP contribution in [0.15, 0.2) is 42.6 Å². The molecular formula is C24H25N3O5. The molecule has 1 aromatic carbocycles. The Morgan fingerprint density at radius 1 is 1.22 bits per heavy atom. The quantitative estimate of drug-likeness (QED) is 0.610. The molecule has 32 heavy (non-hydrogen) atoms. The molecule has 2 atom stereocenters. The summed E-state index contributed by atoms with van der Waals surface area (Å²) >= 11 is 0. The molecule has 1 N–H and O–H groups in total. The molecule has 166 valence electrons. The van der Waals surface area contributed by atoms with Gasteiger partial charge in [-0.3, -0.25) is 9.78 Å². The highest BCUT2D eigenvalue weighted by Crippen LogP contribution is 2.35. The lowest BCUT2D eigenvalue weighted by atomic mass is 10.1. The maximum Gasteiger partial charge on any atom is 0.223 e. The zero-order valence-electron chi connectivity index (χ0n) is 17.9. The minimum Gasteiger partial charge on any atom is -0.493 e. The van der Waals surface area contributed by atoms with Gasteiger partial charge in [-0.05, 0) is 36.4 Å². The molecule has 0 saturated carbocycles. The summed E-state index contributed by atoms with van der Waals surface area (Å²) in [6, 6.07) is 11.5. The number of carbonyl (C=O) groups is 1. The van der Waals surface area contributed by atoms with Gasteiger partial charge in [0.1, 0.15) is 6.10 Å². The normalized spacial score (nSPS) is 20.3. The highest BCUT2D eigenvalue weighted by atomic mass is 16.6. The second kappa shape index (κ2) is 9.00. The van der Waals surface area contributed by atoms with Gasteiger partial charge in [-0.1, -0.05) is 0 Å². The topological polar surface area (TPSA) is 91.8 Å². The maximum atomic E-state index is 11.5. The molecule has 5 rings (SSSR count). The third-order valence-electron chi connectivity index (χ3n) is 5.72. The number of benzene rings is 1. The predicted molar refractivity (Wildman–Crippen MR) is 118 cm³/mol. The molecule has 3 aromatic rings. The highest BCUT2D eigenvalue weighted by molar-refractivity contribution is 5.87. The van der Waals surface area contributed by atoms with Gasteiger partial charge in [0.15, 0.2) is 11.5 Å². The Bertz CT molecular complexity index is 1130. The van der Waals surface area contributed by atoms with Crippen LogP contribution in [-0.2, 0) is 9.53 Å². The third-order valence-corrected chi connectivity index (χ3v) is 5.72. The first-order valence-corrected chi connectivity index (χ1v) is 10.8. The average molecular weight is 435 g/mol. The molecule has 2 unspecified atom stereocenters. The van der Waals surface area contributed by atoms with Gasteiger partial charge < -0.3 is 24.3 Å². The fourth-order valence-corrected chi connectivity index (χ4v) is 3.99. The van der Waals surface area contributed by atoms with E-state index < -0.39 is 0 Å². The van der Waals surface area contributed by atoms with Crippen LogP contribution >= 0.6 is 0 Å². The van der Waals surface area contributed by atoms with Crippen molar-refractivity contribution in [3.63, 3.8) is 0 Å². The van der Waals surface area contributed by atoms with Crippen molar-refractivity contribution >= 4 is 16.8 Å². The number of amides is 1. The van der Waals surface area contributed by atoms with Crippen molar-refractivity contribution in [3.05, 3.63) is 42.6 Å². The van der Waals surface area contributed by atoms with Crippen molar-refractivity contribution in [2.75, 3.05) is 33.5 Å². The smallest absolute Gasteiger partial charge is 0.223 e. The number of hydrogen-bond donors (Lipinski definition) is 1.